The lowest BCUT2D eigenvalue weighted by Gasteiger charge is -2.07. The average Bonchev–Trinajstić information content (AvgIpc) is 2.99. The van der Waals surface area contributed by atoms with Gasteiger partial charge in [-0.15, -0.1) is 0 Å². The Bertz CT molecular complexity index is 750. The molecule has 0 spiro atoms. The van der Waals surface area contributed by atoms with E-state index in [1.165, 1.54) is 7.05 Å². The van der Waals surface area contributed by atoms with Crippen molar-refractivity contribution < 1.29 is 18.0 Å². The zero-order chi connectivity index (χ0) is 18.1. The quantitative estimate of drug-likeness (QED) is 0.774. The molecule has 0 unspecified atom stereocenters. The molecule has 2 rings (SSSR count). The number of hydrogen-bond donors (Lipinski definition) is 1. The predicted octanol–water partition coefficient (Wildman–Crippen LogP) is 2.83. The number of aromatic nitrogens is 4. The van der Waals surface area contributed by atoms with E-state index in [9.17, 15) is 18.0 Å². The molecule has 2 aromatic rings. The van der Waals surface area contributed by atoms with E-state index < -0.39 is 17.8 Å². The number of alkyl halides is 3. The largest absolute Gasteiger partial charge is 0.435 e. The van der Waals surface area contributed by atoms with Crippen LogP contribution in [0, 0.1) is 13.8 Å². The van der Waals surface area contributed by atoms with Crippen LogP contribution in [0.4, 0.5) is 13.2 Å². The summed E-state index contributed by atoms with van der Waals surface area (Å²) in [6, 6.07) is 0.744. The van der Waals surface area contributed by atoms with Gasteiger partial charge in [0.2, 0.25) is 0 Å². The zero-order valence-electron chi connectivity index (χ0n) is 13.4. The van der Waals surface area contributed by atoms with E-state index >= 15 is 0 Å². The lowest BCUT2D eigenvalue weighted by atomic mass is 10.3. The highest BCUT2D eigenvalue weighted by Crippen LogP contribution is 2.28. The normalized spacial score (nSPS) is 11.8. The Morgan fingerprint density at radius 1 is 1.33 bits per heavy atom. The van der Waals surface area contributed by atoms with Crippen molar-refractivity contribution in [2.75, 3.05) is 6.54 Å². The van der Waals surface area contributed by atoms with Crippen LogP contribution < -0.4 is 5.32 Å². The number of carbonyl (C=O) groups is 1. The molecule has 0 saturated heterocycles. The van der Waals surface area contributed by atoms with Crippen LogP contribution in [-0.2, 0) is 19.8 Å². The third kappa shape index (κ3) is 3.97. The minimum absolute atomic E-state index is 0.129. The third-order valence-corrected chi connectivity index (χ3v) is 4.68. The second-order valence-corrected chi connectivity index (χ2v) is 6.15. The second kappa shape index (κ2) is 6.96. The van der Waals surface area contributed by atoms with Gasteiger partial charge < -0.3 is 5.32 Å². The van der Waals surface area contributed by atoms with Gasteiger partial charge in [0, 0.05) is 31.9 Å². The summed E-state index contributed by atoms with van der Waals surface area (Å²) in [5.74, 6) is -0.588. The molecule has 1 N–H and O–H groups in total. The first-order chi connectivity index (χ1) is 11.1. The van der Waals surface area contributed by atoms with Crippen LogP contribution in [0.2, 0.25) is 0 Å². The van der Waals surface area contributed by atoms with E-state index in [0.717, 1.165) is 26.6 Å². The first kappa shape index (κ1) is 18.5. The molecule has 0 aliphatic carbocycles. The van der Waals surface area contributed by atoms with Crippen LogP contribution in [0.3, 0.4) is 0 Å². The number of aryl methyl sites for hydroxylation is 3. The second-order valence-electron chi connectivity index (χ2n) is 5.35. The Kier molecular flexibility index (Phi) is 5.36. The van der Waals surface area contributed by atoms with Crippen LogP contribution in [0.15, 0.2) is 10.5 Å². The van der Waals surface area contributed by atoms with Crippen LogP contribution in [-0.4, -0.2) is 32.0 Å². The smallest absolute Gasteiger partial charge is 0.351 e. The summed E-state index contributed by atoms with van der Waals surface area (Å²) in [5.41, 5.74) is 0.658. The molecule has 0 aromatic carbocycles. The Hall–Kier alpha value is -1.84. The van der Waals surface area contributed by atoms with Gasteiger partial charge in [-0.05, 0) is 36.2 Å². The van der Waals surface area contributed by atoms with Crippen molar-refractivity contribution in [3.05, 3.63) is 33.3 Å². The van der Waals surface area contributed by atoms with Crippen molar-refractivity contribution in [3.8, 4) is 0 Å². The topological polar surface area (TPSA) is 64.7 Å². The predicted molar refractivity (Wildman–Crippen MR) is 84.6 cm³/mol. The monoisotopic (exact) mass is 407 g/mol. The first-order valence-electron chi connectivity index (χ1n) is 7.20. The number of rotatable bonds is 5. The molecule has 0 atom stereocenters. The summed E-state index contributed by atoms with van der Waals surface area (Å²) in [5, 5.41) is 10.3. The molecule has 2 aromatic heterocycles. The van der Waals surface area contributed by atoms with Crippen molar-refractivity contribution >= 4 is 21.8 Å². The molecule has 0 aliphatic heterocycles. The van der Waals surface area contributed by atoms with Crippen molar-refractivity contribution in [3.63, 3.8) is 0 Å². The molecule has 0 fully saturated rings. The maximum atomic E-state index is 12.6. The van der Waals surface area contributed by atoms with Gasteiger partial charge in [-0.2, -0.15) is 23.4 Å². The molecule has 0 bridgehead atoms. The van der Waals surface area contributed by atoms with Crippen LogP contribution in [0.1, 0.15) is 34.0 Å². The molecular weight excluding hydrogens is 391 g/mol. The van der Waals surface area contributed by atoms with Crippen LogP contribution in [0.5, 0.6) is 0 Å². The number of carbonyl (C=O) groups excluding carboxylic acids is 1. The molecule has 1 amide bonds. The van der Waals surface area contributed by atoms with Crippen LogP contribution in [0.25, 0.3) is 0 Å². The molecule has 24 heavy (non-hydrogen) atoms. The average molecular weight is 408 g/mol. The molecule has 0 saturated carbocycles. The van der Waals surface area contributed by atoms with E-state index in [1.807, 2.05) is 18.5 Å². The molecule has 0 aliphatic rings. The fourth-order valence-corrected chi connectivity index (χ4v) is 2.52. The number of nitrogens with zero attached hydrogens (tertiary/aromatic N) is 4. The third-order valence-electron chi connectivity index (χ3n) is 3.53. The molecule has 6 nitrogen and oxygen atoms in total. The number of halogens is 4. The maximum Gasteiger partial charge on any atom is 0.435 e. The van der Waals surface area contributed by atoms with E-state index in [2.05, 4.69) is 31.4 Å². The van der Waals surface area contributed by atoms with Gasteiger partial charge in [-0.3, -0.25) is 14.2 Å². The lowest BCUT2D eigenvalue weighted by Crippen LogP contribution is -2.27. The van der Waals surface area contributed by atoms with Gasteiger partial charge in [0.1, 0.15) is 5.69 Å². The molecular formula is C14H17BrF3N5O. The van der Waals surface area contributed by atoms with Crippen molar-refractivity contribution in [1.29, 1.82) is 0 Å². The minimum atomic E-state index is -4.57. The summed E-state index contributed by atoms with van der Waals surface area (Å²) in [6.45, 7) is 4.73. The van der Waals surface area contributed by atoms with Crippen molar-refractivity contribution in [2.24, 2.45) is 7.05 Å². The van der Waals surface area contributed by atoms with Gasteiger partial charge in [-0.25, -0.2) is 0 Å². The van der Waals surface area contributed by atoms with E-state index in [4.69, 9.17) is 0 Å². The minimum Gasteiger partial charge on any atom is -0.351 e. The number of hydrogen-bond acceptors (Lipinski definition) is 3. The summed E-state index contributed by atoms with van der Waals surface area (Å²) in [6.07, 6.45) is -3.97. The van der Waals surface area contributed by atoms with Gasteiger partial charge >= 0.3 is 6.18 Å². The summed E-state index contributed by atoms with van der Waals surface area (Å²) >= 11 is 3.43. The fourth-order valence-electron chi connectivity index (χ4n) is 2.23. The Morgan fingerprint density at radius 3 is 2.50 bits per heavy atom. The van der Waals surface area contributed by atoms with Gasteiger partial charge in [0.05, 0.1) is 10.2 Å². The highest BCUT2D eigenvalue weighted by Gasteiger charge is 2.35. The van der Waals surface area contributed by atoms with E-state index in [-0.39, 0.29) is 5.69 Å². The van der Waals surface area contributed by atoms with E-state index in [1.54, 1.807) is 0 Å². The summed E-state index contributed by atoms with van der Waals surface area (Å²) < 4.78 is 41.5. The Labute approximate surface area is 145 Å². The fraction of sp³-hybridized carbons (Fsp3) is 0.500. The van der Waals surface area contributed by atoms with Gasteiger partial charge in [0.25, 0.3) is 5.91 Å². The van der Waals surface area contributed by atoms with E-state index in [0.29, 0.717) is 19.5 Å². The molecule has 2 heterocycles. The molecule has 132 valence electrons. The molecule has 10 heteroatoms. The summed E-state index contributed by atoms with van der Waals surface area (Å²) in [7, 11) is 1.30. The molecule has 0 radical (unpaired) electrons. The highest BCUT2D eigenvalue weighted by atomic mass is 79.9. The Balaban J connectivity index is 1.90. The first-order valence-corrected chi connectivity index (χ1v) is 7.99. The highest BCUT2D eigenvalue weighted by molar-refractivity contribution is 9.10. The Morgan fingerprint density at radius 2 is 2.00 bits per heavy atom. The zero-order valence-corrected chi connectivity index (χ0v) is 15.0. The van der Waals surface area contributed by atoms with Gasteiger partial charge in [0.15, 0.2) is 5.69 Å². The summed E-state index contributed by atoms with van der Waals surface area (Å²) in [4.78, 5) is 12.0. The number of nitrogens with one attached hydrogen (secondary N) is 1. The van der Waals surface area contributed by atoms with Crippen molar-refractivity contribution in [1.82, 2.24) is 24.9 Å². The number of amides is 1. The maximum absolute atomic E-state index is 12.6. The SMILES string of the molecule is Cc1nn(CCCNC(=O)c2cc(C(F)(F)F)nn2C)c(C)c1Br. The lowest BCUT2D eigenvalue weighted by molar-refractivity contribution is -0.141. The standard InChI is InChI=1S/C14H17BrF3N5O/c1-8-12(15)9(2)23(20-8)6-4-5-19-13(24)10-7-11(14(16,17)18)21-22(10)3/h7H,4-6H2,1-3H3,(H,19,24). The van der Waals surface area contributed by atoms with Gasteiger partial charge in [-0.1, -0.05) is 0 Å². The van der Waals surface area contributed by atoms with Crippen molar-refractivity contribution in [2.45, 2.75) is 33.0 Å². The van der Waals surface area contributed by atoms with Crippen LogP contribution >= 0.6 is 15.9 Å².